The molecule has 0 heterocycles. The summed E-state index contributed by atoms with van der Waals surface area (Å²) in [5, 5.41) is 10.1. The van der Waals surface area contributed by atoms with Gasteiger partial charge in [0.05, 0.1) is 0 Å². The number of ether oxygens (including phenoxy) is 1. The van der Waals surface area contributed by atoms with Gasteiger partial charge in [-0.25, -0.2) is 0 Å². The molecule has 0 bridgehead atoms. The van der Waals surface area contributed by atoms with Crippen LogP contribution in [0.5, 0.6) is 5.75 Å². The van der Waals surface area contributed by atoms with Crippen LogP contribution in [0.3, 0.4) is 0 Å². The van der Waals surface area contributed by atoms with Crippen LogP contribution in [0.1, 0.15) is 108 Å². The molecule has 1 aromatic rings. The van der Waals surface area contributed by atoms with Gasteiger partial charge in [0.25, 0.3) is 6.47 Å². The van der Waals surface area contributed by atoms with E-state index in [4.69, 9.17) is 4.74 Å². The molecule has 2 saturated carbocycles. The van der Waals surface area contributed by atoms with Crippen LogP contribution in [0.2, 0.25) is 0 Å². The molecule has 0 unspecified atom stereocenters. The molecule has 2 aliphatic rings. The van der Waals surface area contributed by atoms with Crippen LogP contribution in [-0.4, -0.2) is 17.2 Å². The Morgan fingerprint density at radius 2 is 1.38 bits per heavy atom. The van der Waals surface area contributed by atoms with Gasteiger partial charge in [-0.05, 0) is 99.3 Å². The van der Waals surface area contributed by atoms with Gasteiger partial charge in [-0.15, -0.1) is 0 Å². The molecule has 0 amide bonds. The number of hydrogen-bond acceptors (Lipinski definition) is 3. The van der Waals surface area contributed by atoms with E-state index in [1.54, 1.807) is 0 Å². The molecule has 0 radical (unpaired) electrons. The van der Waals surface area contributed by atoms with E-state index in [0.717, 1.165) is 44.9 Å². The van der Waals surface area contributed by atoms with Crippen molar-refractivity contribution in [3.8, 4) is 5.75 Å². The van der Waals surface area contributed by atoms with Gasteiger partial charge in [-0.3, -0.25) is 4.79 Å². The number of hydrogen-bond donors (Lipinski definition) is 1. The van der Waals surface area contributed by atoms with Gasteiger partial charge < -0.3 is 9.84 Å². The van der Waals surface area contributed by atoms with Gasteiger partial charge in [-0.1, -0.05) is 45.1 Å². The van der Waals surface area contributed by atoms with E-state index in [1.165, 1.54) is 68.9 Å². The fraction of sp³-hybridized carbons (Fsp3) is 0.731. The van der Waals surface area contributed by atoms with E-state index >= 15 is 0 Å². The molecule has 162 valence electrons. The van der Waals surface area contributed by atoms with E-state index in [1.807, 2.05) is 12.1 Å². The second-order valence-electron chi connectivity index (χ2n) is 10.0. The Hall–Kier alpha value is -1.51. The van der Waals surface area contributed by atoms with Gasteiger partial charge in [0.2, 0.25) is 0 Å². The van der Waals surface area contributed by atoms with E-state index < -0.39 is 0 Å². The zero-order valence-corrected chi connectivity index (χ0v) is 18.4. The first-order valence-electron chi connectivity index (χ1n) is 12.0. The summed E-state index contributed by atoms with van der Waals surface area (Å²) in [5.41, 5.74) is 3.15. The number of phenolic OH excluding ortho intramolecular Hbond substituents is 1. The van der Waals surface area contributed by atoms with E-state index in [0.29, 0.717) is 17.6 Å². The van der Waals surface area contributed by atoms with Crippen LogP contribution >= 0.6 is 0 Å². The second kappa shape index (κ2) is 10.5. The SMILES string of the molecule is CC1(CCCCCCc2cc(O)cc(CCCCCCC3(OC=O)CC3)c2)CC1. The maximum absolute atomic E-state index is 10.5. The lowest BCUT2D eigenvalue weighted by atomic mass is 9.98. The molecule has 0 spiro atoms. The maximum Gasteiger partial charge on any atom is 0.293 e. The molecule has 1 N–H and O–H groups in total. The topological polar surface area (TPSA) is 46.5 Å². The lowest BCUT2D eigenvalue weighted by Gasteiger charge is -2.12. The van der Waals surface area contributed by atoms with E-state index in [2.05, 4.69) is 13.0 Å². The van der Waals surface area contributed by atoms with Crippen molar-refractivity contribution in [2.24, 2.45) is 5.41 Å². The van der Waals surface area contributed by atoms with Crippen LogP contribution in [0.15, 0.2) is 18.2 Å². The summed E-state index contributed by atoms with van der Waals surface area (Å²) in [4.78, 5) is 10.5. The molecule has 1 aromatic carbocycles. The minimum atomic E-state index is -0.0995. The first-order chi connectivity index (χ1) is 14.0. The molecule has 3 nitrogen and oxygen atoms in total. The van der Waals surface area contributed by atoms with Crippen LogP contribution < -0.4 is 0 Å². The summed E-state index contributed by atoms with van der Waals surface area (Å²) < 4.78 is 5.21. The summed E-state index contributed by atoms with van der Waals surface area (Å²) in [6, 6.07) is 6.16. The van der Waals surface area contributed by atoms with Gasteiger partial charge >= 0.3 is 0 Å². The van der Waals surface area contributed by atoms with Crippen molar-refractivity contribution in [3.05, 3.63) is 29.3 Å². The summed E-state index contributed by atoms with van der Waals surface area (Å²) in [5.74, 6) is 0.417. The van der Waals surface area contributed by atoms with Gasteiger partial charge in [-0.2, -0.15) is 0 Å². The highest BCUT2D eigenvalue weighted by molar-refractivity contribution is 5.39. The highest BCUT2D eigenvalue weighted by Gasteiger charge is 2.44. The predicted molar refractivity (Wildman–Crippen MR) is 118 cm³/mol. The summed E-state index contributed by atoms with van der Waals surface area (Å²) >= 11 is 0. The number of phenols is 1. The Bertz CT molecular complexity index is 643. The quantitative estimate of drug-likeness (QED) is 0.243. The molecule has 29 heavy (non-hydrogen) atoms. The minimum absolute atomic E-state index is 0.0995. The molecule has 0 aromatic heterocycles. The molecular formula is C26H40O3. The molecule has 0 atom stereocenters. The van der Waals surface area contributed by atoms with Crippen LogP contribution in [-0.2, 0) is 22.4 Å². The van der Waals surface area contributed by atoms with E-state index in [9.17, 15) is 9.90 Å². The Morgan fingerprint density at radius 1 is 0.828 bits per heavy atom. The van der Waals surface area contributed by atoms with Crippen LogP contribution in [0.25, 0.3) is 0 Å². The van der Waals surface area contributed by atoms with Crippen molar-refractivity contribution in [3.63, 3.8) is 0 Å². The third kappa shape index (κ3) is 8.03. The molecular weight excluding hydrogens is 360 g/mol. The van der Waals surface area contributed by atoms with Gasteiger partial charge in [0.1, 0.15) is 11.4 Å². The number of aromatic hydroxyl groups is 1. The number of carbonyl (C=O) groups excluding carboxylic acids is 1. The number of benzene rings is 1. The Labute approximate surface area is 177 Å². The van der Waals surface area contributed by atoms with Crippen molar-refractivity contribution in [2.45, 2.75) is 115 Å². The molecule has 2 fully saturated rings. The third-order valence-corrected chi connectivity index (χ3v) is 7.09. The molecule has 3 heteroatoms. The Kier molecular flexibility index (Phi) is 8.03. The number of aryl methyl sites for hydroxylation is 2. The van der Waals surface area contributed by atoms with Crippen molar-refractivity contribution in [1.29, 1.82) is 0 Å². The van der Waals surface area contributed by atoms with Crippen molar-refractivity contribution in [2.75, 3.05) is 0 Å². The Balaban J connectivity index is 1.26. The highest BCUT2D eigenvalue weighted by Crippen LogP contribution is 2.49. The number of carbonyl (C=O) groups is 1. The zero-order chi connectivity index (χ0) is 20.6. The van der Waals surface area contributed by atoms with Crippen LogP contribution in [0.4, 0.5) is 0 Å². The molecule has 3 rings (SSSR count). The molecule has 2 aliphatic carbocycles. The smallest absolute Gasteiger partial charge is 0.293 e. The highest BCUT2D eigenvalue weighted by atomic mass is 16.5. The average Bonchev–Trinajstić information content (AvgIpc) is 3.60. The monoisotopic (exact) mass is 400 g/mol. The first-order valence-corrected chi connectivity index (χ1v) is 12.0. The summed E-state index contributed by atoms with van der Waals surface area (Å²) in [7, 11) is 0. The fourth-order valence-corrected chi connectivity index (χ4v) is 4.53. The lowest BCUT2D eigenvalue weighted by Crippen LogP contribution is -2.12. The van der Waals surface area contributed by atoms with Crippen LogP contribution in [0, 0.1) is 5.41 Å². The van der Waals surface area contributed by atoms with Crippen molar-refractivity contribution >= 4 is 6.47 Å². The second-order valence-corrected chi connectivity index (χ2v) is 10.0. The number of rotatable bonds is 16. The van der Waals surface area contributed by atoms with Gasteiger partial charge in [0, 0.05) is 0 Å². The zero-order valence-electron chi connectivity index (χ0n) is 18.4. The average molecular weight is 401 g/mol. The predicted octanol–water partition coefficient (Wildman–Crippen LogP) is 6.88. The lowest BCUT2D eigenvalue weighted by molar-refractivity contribution is -0.135. The largest absolute Gasteiger partial charge is 0.508 e. The minimum Gasteiger partial charge on any atom is -0.508 e. The van der Waals surface area contributed by atoms with Crippen molar-refractivity contribution < 1.29 is 14.6 Å². The molecule has 0 saturated heterocycles. The molecule has 0 aliphatic heterocycles. The number of unbranched alkanes of at least 4 members (excludes halogenated alkanes) is 6. The van der Waals surface area contributed by atoms with E-state index in [-0.39, 0.29) is 5.60 Å². The summed E-state index contributed by atoms with van der Waals surface area (Å²) in [6.07, 6.45) is 19.4. The van der Waals surface area contributed by atoms with Gasteiger partial charge in [0.15, 0.2) is 0 Å². The standard InChI is InChI=1S/C26H40O3/c1-25(14-15-25)12-8-4-2-6-10-22-18-23(20-24(28)19-22)11-7-3-5-9-13-26(16-17-26)29-21-27/h18-21,28H,2-17H2,1H3. The normalized spacial score (nSPS) is 18.4. The Morgan fingerprint density at radius 3 is 1.90 bits per heavy atom. The van der Waals surface area contributed by atoms with Crippen molar-refractivity contribution in [1.82, 2.24) is 0 Å². The summed E-state index contributed by atoms with van der Waals surface area (Å²) in [6.45, 7) is 3.04. The third-order valence-electron chi connectivity index (χ3n) is 7.09. The fourth-order valence-electron chi connectivity index (χ4n) is 4.53. The first kappa shape index (κ1) is 22.2. The maximum atomic E-state index is 10.5.